The summed E-state index contributed by atoms with van der Waals surface area (Å²) in [6.45, 7) is 14.0. The summed E-state index contributed by atoms with van der Waals surface area (Å²) in [6.07, 6.45) is 10.1. The summed E-state index contributed by atoms with van der Waals surface area (Å²) in [4.78, 5) is 0. The van der Waals surface area contributed by atoms with Crippen molar-refractivity contribution < 1.29 is 19.5 Å². The van der Waals surface area contributed by atoms with E-state index in [1.807, 2.05) is 0 Å². The molecule has 5 aliphatic carbocycles. The zero-order valence-corrected chi connectivity index (χ0v) is 24.2. The first kappa shape index (κ1) is 26.2. The predicted octanol–water partition coefficient (Wildman–Crippen LogP) is 5.57. The topological polar surface area (TPSA) is 69.9 Å². The molecule has 0 aromatic heterocycles. The van der Waals surface area contributed by atoms with Crippen LogP contribution in [0.15, 0.2) is 11.6 Å². The Kier molecular flexibility index (Phi) is 6.57. The largest absolute Gasteiger partial charge is 0.396 e. The molecule has 0 heterocycles. The molecule has 0 saturated heterocycles. The lowest BCUT2D eigenvalue weighted by atomic mass is 9.36. The molecule has 203 valence electrons. The van der Waals surface area contributed by atoms with E-state index in [4.69, 9.17) is 5.52 Å². The third kappa shape index (κ3) is 3.42. The fourth-order valence-corrected chi connectivity index (χ4v) is 11.9. The summed E-state index contributed by atoms with van der Waals surface area (Å²) >= 11 is 1.15. The van der Waals surface area contributed by atoms with Gasteiger partial charge in [0, 0.05) is 17.4 Å². The summed E-state index contributed by atoms with van der Waals surface area (Å²) in [7, 11) is 1.27. The first-order chi connectivity index (χ1) is 17.4. The first-order valence-electron chi connectivity index (χ1n) is 15.1. The molecule has 0 aromatic rings. The highest BCUT2D eigenvalue weighted by molar-refractivity contribution is 8.15. The van der Waals surface area contributed by atoms with E-state index in [1.54, 1.807) is 0 Å². The van der Waals surface area contributed by atoms with Gasteiger partial charge in [0.25, 0.3) is 0 Å². The van der Waals surface area contributed by atoms with Gasteiger partial charge in [0.15, 0.2) is 0 Å². The smallest absolute Gasteiger partial charge is 0.209 e. The van der Waals surface area contributed by atoms with Gasteiger partial charge >= 0.3 is 0 Å². The highest BCUT2D eigenvalue weighted by Crippen LogP contribution is 2.85. The van der Waals surface area contributed by atoms with Crippen LogP contribution in [0.1, 0.15) is 99.3 Å². The van der Waals surface area contributed by atoms with Crippen LogP contribution in [0.5, 0.6) is 0 Å². The van der Waals surface area contributed by atoms with Gasteiger partial charge in [-0.05, 0) is 113 Å². The Morgan fingerprint density at radius 1 is 1.17 bits per heavy atom. The lowest BCUT2D eigenvalue weighted by Crippen LogP contribution is -2.66. The minimum absolute atomic E-state index is 0.0385. The van der Waals surface area contributed by atoms with Crippen LogP contribution in [0, 0.1) is 50.7 Å². The highest BCUT2D eigenvalue weighted by Gasteiger charge is 2.83. The van der Waals surface area contributed by atoms with Crippen LogP contribution in [-0.4, -0.2) is 48.7 Å². The molecule has 0 bridgehead atoms. The monoisotopic (exact) mass is 519 g/mol. The second-order valence-electron chi connectivity index (χ2n) is 14.6. The van der Waals surface area contributed by atoms with E-state index in [0.717, 1.165) is 69.7 Å². The van der Waals surface area contributed by atoms with Crippen molar-refractivity contribution in [1.29, 1.82) is 1.34 Å². The molecule has 12 atom stereocenters. The van der Waals surface area contributed by atoms with Crippen molar-refractivity contribution >= 4 is 19.0 Å². The maximum atomic E-state index is 12.0. The summed E-state index contributed by atoms with van der Waals surface area (Å²) in [6, 6.07) is 0. The Hall–Kier alpha value is -0.00506. The molecule has 0 aromatic carbocycles. The molecule has 0 amide bonds. The van der Waals surface area contributed by atoms with E-state index in [2.05, 4.69) is 47.6 Å². The van der Waals surface area contributed by atoms with E-state index >= 15 is 0 Å². The SMILES string of the molecule is [3H][B]SOC1CC[C@@]2(C)C(CCC3(C)C2C(O)CC2C4(CC4(CO)CCC=C(C)C)[C@@H](O)C[C@@]23C)C1C. The van der Waals surface area contributed by atoms with Crippen molar-refractivity contribution in [3.63, 3.8) is 0 Å². The quantitative estimate of drug-likeness (QED) is 0.233. The predicted molar refractivity (Wildman–Crippen MR) is 149 cm³/mol. The molecular formula is C30H50BO4S. The molecule has 0 aliphatic heterocycles. The minimum Gasteiger partial charge on any atom is -0.396 e. The second-order valence-corrected chi connectivity index (χ2v) is 15.0. The van der Waals surface area contributed by atoms with Crippen molar-refractivity contribution in [3.8, 4) is 0 Å². The fourth-order valence-electron chi connectivity index (χ4n) is 11.5. The second kappa shape index (κ2) is 9.01. The average Bonchev–Trinajstić information content (AvgIpc) is 3.44. The van der Waals surface area contributed by atoms with E-state index in [1.165, 1.54) is 12.7 Å². The summed E-state index contributed by atoms with van der Waals surface area (Å²) in [5.41, 5.74) is 0.759. The Bertz CT molecular complexity index is 916. The van der Waals surface area contributed by atoms with Gasteiger partial charge in [-0.25, -0.2) is 0 Å². The van der Waals surface area contributed by atoms with Crippen LogP contribution >= 0.6 is 11.9 Å². The van der Waals surface area contributed by atoms with Gasteiger partial charge < -0.3 is 19.5 Å². The maximum absolute atomic E-state index is 12.0. The lowest BCUT2D eigenvalue weighted by Gasteiger charge is -2.69. The fraction of sp³-hybridized carbons (Fsp3) is 0.933. The van der Waals surface area contributed by atoms with Gasteiger partial charge in [0.1, 0.15) is 0 Å². The molecule has 9 unspecified atom stereocenters. The molecule has 5 fully saturated rings. The average molecular weight is 520 g/mol. The molecule has 3 N–H and O–H groups in total. The Morgan fingerprint density at radius 3 is 2.58 bits per heavy atom. The molecule has 6 heteroatoms. The Labute approximate surface area is 226 Å². The molecule has 5 saturated carbocycles. The molecular weight excluding hydrogens is 467 g/mol. The number of aliphatic hydroxyl groups is 3. The third-order valence-corrected chi connectivity index (χ3v) is 13.7. The van der Waals surface area contributed by atoms with Crippen LogP contribution in [0.3, 0.4) is 0 Å². The van der Waals surface area contributed by atoms with Crippen LogP contribution in [-0.2, 0) is 4.18 Å². The van der Waals surface area contributed by atoms with Crippen molar-refractivity contribution in [3.05, 3.63) is 11.6 Å². The number of allylic oxidation sites excluding steroid dienone is 2. The van der Waals surface area contributed by atoms with Gasteiger partial charge in [0.2, 0.25) is 7.09 Å². The maximum Gasteiger partial charge on any atom is 0.209 e. The van der Waals surface area contributed by atoms with Gasteiger partial charge in [0.05, 0.1) is 18.3 Å². The van der Waals surface area contributed by atoms with Crippen LogP contribution in [0.25, 0.3) is 0 Å². The Morgan fingerprint density at radius 2 is 1.92 bits per heavy atom. The van der Waals surface area contributed by atoms with Gasteiger partial charge in [-0.1, -0.05) is 51.2 Å². The van der Waals surface area contributed by atoms with Gasteiger partial charge in [-0.2, -0.15) is 0 Å². The third-order valence-electron chi connectivity index (χ3n) is 13.3. The van der Waals surface area contributed by atoms with Crippen molar-refractivity contribution in [2.75, 3.05) is 6.61 Å². The number of rotatable bonds is 7. The lowest BCUT2D eigenvalue weighted by molar-refractivity contribution is -0.239. The molecule has 4 nitrogen and oxygen atoms in total. The molecule has 36 heavy (non-hydrogen) atoms. The Balaban J connectivity index is 1.46. The minimum atomic E-state index is -0.407. The molecule has 1 spiro atoms. The molecule has 5 rings (SSSR count). The van der Waals surface area contributed by atoms with Gasteiger partial charge in [-0.15, -0.1) is 0 Å². The summed E-state index contributed by atoms with van der Waals surface area (Å²) < 4.78 is 13.4. The number of hydrogen-bond acceptors (Lipinski definition) is 5. The van der Waals surface area contributed by atoms with E-state index in [0.29, 0.717) is 11.8 Å². The zero-order chi connectivity index (χ0) is 27.0. The van der Waals surface area contributed by atoms with Crippen LogP contribution in [0.2, 0.25) is 0 Å². The zero-order valence-electron chi connectivity index (χ0n) is 24.4. The van der Waals surface area contributed by atoms with Crippen molar-refractivity contribution in [2.45, 2.75) is 118 Å². The summed E-state index contributed by atoms with van der Waals surface area (Å²) in [5, 5.41) is 34.5. The summed E-state index contributed by atoms with van der Waals surface area (Å²) in [5.74, 6) is 1.34. The van der Waals surface area contributed by atoms with Crippen molar-refractivity contribution in [2.24, 2.45) is 50.7 Å². The molecule has 5 aliphatic rings. The van der Waals surface area contributed by atoms with E-state index in [-0.39, 0.29) is 57.7 Å². The van der Waals surface area contributed by atoms with Gasteiger partial charge in [-0.3, -0.25) is 0 Å². The number of hydrogen-bond donors (Lipinski definition) is 3. The van der Waals surface area contributed by atoms with Crippen LogP contribution in [0.4, 0.5) is 0 Å². The normalized spacial score (nSPS) is 55.8. The van der Waals surface area contributed by atoms with Crippen LogP contribution < -0.4 is 0 Å². The highest BCUT2D eigenvalue weighted by atomic mass is 32.2. The molecule has 1 radical (unpaired) electrons. The standard InChI is InChI=1S/C30H50BO4S/c1-18(2)8-7-11-29(17-32)16-30(29)23-14-21(33)25-26(4)12-10-22(35-36-31)19(3)20(26)9-13-27(25,5)28(23,6)15-24(30)34/h8,19-25,31-34H,7,9-17H2,1-6H3/t19?,20?,21?,22?,23?,24-,25?,26-,27?,28-,29?,30?/m0/s1/i31T. The number of fused-ring (bicyclic) bond motifs is 6. The van der Waals surface area contributed by atoms with E-state index in [9.17, 15) is 15.3 Å². The number of aliphatic hydroxyl groups excluding tert-OH is 3. The van der Waals surface area contributed by atoms with E-state index < -0.39 is 6.10 Å². The van der Waals surface area contributed by atoms with Crippen molar-refractivity contribution in [1.82, 2.24) is 0 Å². The first-order valence-corrected chi connectivity index (χ1v) is 15.3.